The van der Waals surface area contributed by atoms with Crippen molar-refractivity contribution < 1.29 is 93.8 Å². The highest BCUT2D eigenvalue weighted by Crippen LogP contribution is 2.36. The Morgan fingerprint density at radius 2 is 1.02 bits per heavy atom. The molecule has 2 fully saturated rings. The fraction of sp³-hybridized carbons (Fsp3) is 0.613. The number of esters is 6. The standard InChI is InChI=1S/C31H40O20S/c1-14(32)42-12-22-24(26(44-16(3)34)28(46-18(5)36)30(49-22)48-21-10-8-20(41-7)9-11-21)51-31-29(47-19(6)37)27(45-17(4)35)25(43-15(2)33)23(50-31)13-52(38,39)40/h8-11,22-31H,12-13H2,1-7H3,(H,38,39,40)/t22-,23-,24-,25-,26+,27+,28-,29-,30-,31+/m1/s1. The average molecular weight is 765 g/mol. The van der Waals surface area contributed by atoms with Crippen LogP contribution in [0.25, 0.3) is 0 Å². The summed E-state index contributed by atoms with van der Waals surface area (Å²) in [4.78, 5) is 73.5. The molecule has 52 heavy (non-hydrogen) atoms. The van der Waals surface area contributed by atoms with Crippen LogP contribution in [-0.4, -0.2) is 130 Å². The van der Waals surface area contributed by atoms with E-state index in [0.717, 1.165) is 41.5 Å². The van der Waals surface area contributed by atoms with E-state index in [1.54, 1.807) is 12.1 Å². The largest absolute Gasteiger partial charge is 0.497 e. The second-order valence-electron chi connectivity index (χ2n) is 11.4. The Bertz CT molecular complexity index is 1560. The number of methoxy groups -OCH3 is 1. The lowest BCUT2D eigenvalue weighted by molar-refractivity contribution is -0.351. The van der Waals surface area contributed by atoms with Crippen LogP contribution < -0.4 is 9.47 Å². The van der Waals surface area contributed by atoms with Crippen LogP contribution in [0.5, 0.6) is 11.5 Å². The summed E-state index contributed by atoms with van der Waals surface area (Å²) in [6.45, 7) is 5.35. The molecule has 21 heteroatoms. The zero-order chi connectivity index (χ0) is 38.9. The summed E-state index contributed by atoms with van der Waals surface area (Å²) in [5.41, 5.74) is 0. The van der Waals surface area contributed by atoms with Crippen LogP contribution in [0.4, 0.5) is 0 Å². The van der Waals surface area contributed by atoms with E-state index < -0.39 is 120 Å². The Labute approximate surface area is 297 Å². The van der Waals surface area contributed by atoms with Gasteiger partial charge in [0, 0.05) is 41.5 Å². The molecule has 0 bridgehead atoms. The third kappa shape index (κ3) is 12.3. The molecule has 20 nitrogen and oxygen atoms in total. The number of rotatable bonds is 14. The second kappa shape index (κ2) is 18.3. The van der Waals surface area contributed by atoms with E-state index in [9.17, 15) is 41.7 Å². The fourth-order valence-electron chi connectivity index (χ4n) is 5.36. The van der Waals surface area contributed by atoms with Crippen molar-refractivity contribution in [1.82, 2.24) is 0 Å². The Balaban J connectivity index is 2.18. The predicted octanol–water partition coefficient (Wildman–Crippen LogP) is 0.0184. The third-order valence-corrected chi connectivity index (χ3v) is 7.87. The van der Waals surface area contributed by atoms with Gasteiger partial charge in [0.15, 0.2) is 30.7 Å². The summed E-state index contributed by atoms with van der Waals surface area (Å²) in [6, 6.07) is 6.07. The minimum absolute atomic E-state index is 0.162. The first-order valence-electron chi connectivity index (χ1n) is 15.5. The molecule has 2 saturated heterocycles. The lowest BCUT2D eigenvalue weighted by Crippen LogP contribution is -2.67. The van der Waals surface area contributed by atoms with Crippen LogP contribution in [-0.2, 0) is 81.5 Å². The molecular weight excluding hydrogens is 724 g/mol. The Hall–Kier alpha value is -4.57. The van der Waals surface area contributed by atoms with Crippen molar-refractivity contribution in [3.8, 4) is 11.5 Å². The van der Waals surface area contributed by atoms with Crippen LogP contribution in [0, 0.1) is 0 Å². The van der Waals surface area contributed by atoms with Crippen molar-refractivity contribution in [3.63, 3.8) is 0 Å². The number of hydrogen-bond acceptors (Lipinski definition) is 19. The van der Waals surface area contributed by atoms with Gasteiger partial charge in [-0.3, -0.25) is 33.3 Å². The molecule has 1 aromatic carbocycles. The van der Waals surface area contributed by atoms with Crippen LogP contribution in [0.15, 0.2) is 24.3 Å². The maximum absolute atomic E-state index is 12.5. The molecule has 2 aliphatic heterocycles. The van der Waals surface area contributed by atoms with E-state index in [2.05, 4.69) is 0 Å². The van der Waals surface area contributed by atoms with Gasteiger partial charge in [0.25, 0.3) is 10.1 Å². The third-order valence-electron chi connectivity index (χ3n) is 7.12. The van der Waals surface area contributed by atoms with Gasteiger partial charge in [-0.25, -0.2) is 0 Å². The molecule has 0 saturated carbocycles. The Kier molecular flexibility index (Phi) is 14.7. The highest BCUT2D eigenvalue weighted by Gasteiger charge is 2.58. The minimum atomic E-state index is -4.91. The zero-order valence-corrected chi connectivity index (χ0v) is 29.9. The van der Waals surface area contributed by atoms with E-state index in [-0.39, 0.29) is 5.75 Å². The monoisotopic (exact) mass is 764 g/mol. The predicted molar refractivity (Wildman–Crippen MR) is 167 cm³/mol. The van der Waals surface area contributed by atoms with Gasteiger partial charge >= 0.3 is 35.8 Å². The molecule has 1 aromatic rings. The lowest BCUT2D eigenvalue weighted by Gasteiger charge is -2.48. The van der Waals surface area contributed by atoms with Crippen LogP contribution in [0.1, 0.15) is 41.5 Å². The Morgan fingerprint density at radius 1 is 0.596 bits per heavy atom. The maximum atomic E-state index is 12.5. The number of carbonyl (C=O) groups is 6. The van der Waals surface area contributed by atoms with E-state index in [4.69, 9.17) is 52.1 Å². The highest BCUT2D eigenvalue weighted by molar-refractivity contribution is 7.85. The zero-order valence-electron chi connectivity index (χ0n) is 29.1. The normalized spacial score (nSPS) is 28.7. The summed E-state index contributed by atoms with van der Waals surface area (Å²) in [7, 11) is -3.47. The first-order valence-corrected chi connectivity index (χ1v) is 17.1. The number of carbonyl (C=O) groups excluding carboxylic acids is 6. The van der Waals surface area contributed by atoms with Crippen molar-refractivity contribution >= 4 is 45.9 Å². The molecule has 10 atom stereocenters. The summed E-state index contributed by atoms with van der Waals surface area (Å²) in [5, 5.41) is 0. The molecule has 2 heterocycles. The minimum Gasteiger partial charge on any atom is -0.497 e. The molecule has 2 aliphatic rings. The van der Waals surface area contributed by atoms with Gasteiger partial charge in [-0.1, -0.05) is 0 Å². The second-order valence-corrected chi connectivity index (χ2v) is 12.9. The first-order chi connectivity index (χ1) is 24.3. The topological polar surface area (TPSA) is 258 Å². The van der Waals surface area contributed by atoms with Crippen molar-refractivity contribution in [2.45, 2.75) is 103 Å². The molecule has 0 unspecified atom stereocenters. The quantitative estimate of drug-likeness (QED) is 0.149. The first kappa shape index (κ1) is 41.8. The number of benzene rings is 1. The van der Waals surface area contributed by atoms with E-state index in [1.165, 1.54) is 19.2 Å². The molecule has 0 amide bonds. The van der Waals surface area contributed by atoms with Gasteiger partial charge in [-0.2, -0.15) is 8.42 Å². The van der Waals surface area contributed by atoms with Gasteiger partial charge in [-0.15, -0.1) is 0 Å². The van der Waals surface area contributed by atoms with Crippen molar-refractivity contribution in [2.75, 3.05) is 19.5 Å². The van der Waals surface area contributed by atoms with Crippen molar-refractivity contribution in [2.24, 2.45) is 0 Å². The van der Waals surface area contributed by atoms with Gasteiger partial charge in [-0.05, 0) is 24.3 Å². The molecule has 3 rings (SSSR count). The Morgan fingerprint density at radius 3 is 1.48 bits per heavy atom. The molecule has 0 radical (unpaired) electrons. The van der Waals surface area contributed by atoms with E-state index in [1.807, 2.05) is 0 Å². The summed E-state index contributed by atoms with van der Waals surface area (Å²) >= 11 is 0. The summed E-state index contributed by atoms with van der Waals surface area (Å²) in [6.07, 6.45) is -17.4. The van der Waals surface area contributed by atoms with Crippen LogP contribution >= 0.6 is 0 Å². The lowest BCUT2D eigenvalue weighted by atomic mass is 9.96. The van der Waals surface area contributed by atoms with Crippen molar-refractivity contribution in [3.05, 3.63) is 24.3 Å². The molecule has 0 spiro atoms. The maximum Gasteiger partial charge on any atom is 0.303 e. The van der Waals surface area contributed by atoms with Crippen molar-refractivity contribution in [1.29, 1.82) is 0 Å². The molecule has 0 aliphatic carbocycles. The number of ether oxygens (including phenoxy) is 11. The van der Waals surface area contributed by atoms with Crippen LogP contribution in [0.2, 0.25) is 0 Å². The van der Waals surface area contributed by atoms with E-state index in [0.29, 0.717) is 5.75 Å². The molecule has 290 valence electrons. The molecule has 0 aromatic heterocycles. The van der Waals surface area contributed by atoms with Gasteiger partial charge in [0.05, 0.1) is 7.11 Å². The van der Waals surface area contributed by atoms with Gasteiger partial charge in [0.2, 0.25) is 12.4 Å². The van der Waals surface area contributed by atoms with Gasteiger partial charge in [0.1, 0.15) is 42.2 Å². The van der Waals surface area contributed by atoms with Gasteiger partial charge < -0.3 is 52.1 Å². The summed E-state index contributed by atoms with van der Waals surface area (Å²) < 4.78 is 95.3. The summed E-state index contributed by atoms with van der Waals surface area (Å²) in [5.74, 6) is -6.27. The SMILES string of the molecule is COc1ccc(O[C@@H]2O[C@H](COC(C)=O)[C@@H](O[C@@H]3O[C@H](CS(=O)(=O)O)[C@@H](OC(C)=O)[C@H](OC(C)=O)[C@H]3OC(C)=O)[C@H](OC(C)=O)[C@H]2OC(C)=O)cc1. The highest BCUT2D eigenvalue weighted by atomic mass is 32.2. The van der Waals surface area contributed by atoms with E-state index >= 15 is 0 Å². The molecule has 1 N–H and O–H groups in total. The van der Waals surface area contributed by atoms with Crippen LogP contribution in [0.3, 0.4) is 0 Å². The average Bonchev–Trinajstić information content (AvgIpc) is 3.01. The smallest absolute Gasteiger partial charge is 0.303 e. The molecular formula is C31H40O20S. The number of hydrogen-bond donors (Lipinski definition) is 1. The fourth-order valence-corrected chi connectivity index (χ4v) is 6.05.